The van der Waals surface area contributed by atoms with E-state index in [1.807, 2.05) is 24.3 Å². The van der Waals surface area contributed by atoms with Gasteiger partial charge in [0.05, 0.1) is 17.7 Å². The minimum atomic E-state index is 0.00786. The molecule has 0 aliphatic carbocycles. The number of fused-ring (bicyclic) bond motifs is 1. The molecule has 0 saturated carbocycles. The lowest BCUT2D eigenvalue weighted by Gasteiger charge is -2.25. The van der Waals surface area contributed by atoms with E-state index in [1.54, 1.807) is 6.20 Å². The topological polar surface area (TPSA) is 34.2 Å². The van der Waals surface area contributed by atoms with Gasteiger partial charge in [-0.2, -0.15) is 0 Å². The van der Waals surface area contributed by atoms with E-state index < -0.39 is 0 Å². The Balaban J connectivity index is 2.01. The third kappa shape index (κ3) is 2.16. The van der Waals surface area contributed by atoms with Gasteiger partial charge in [-0.15, -0.1) is 0 Å². The van der Waals surface area contributed by atoms with Crippen LogP contribution in [0.2, 0.25) is 5.02 Å². The zero-order chi connectivity index (χ0) is 12.6. The van der Waals surface area contributed by atoms with Crippen LogP contribution in [0.15, 0.2) is 30.5 Å². The lowest BCUT2D eigenvalue weighted by Crippen LogP contribution is -2.34. The summed E-state index contributed by atoms with van der Waals surface area (Å²) in [7, 11) is 0. The molecule has 0 spiro atoms. The predicted octanol–water partition coefficient (Wildman–Crippen LogP) is 3.48. The maximum Gasteiger partial charge on any atom is 0.0737 e. The van der Waals surface area contributed by atoms with Crippen LogP contribution in [-0.2, 0) is 4.74 Å². The van der Waals surface area contributed by atoms with E-state index in [-0.39, 0.29) is 5.54 Å². The highest BCUT2D eigenvalue weighted by Crippen LogP contribution is 2.29. The van der Waals surface area contributed by atoms with Crippen LogP contribution in [0.4, 0.5) is 5.69 Å². The van der Waals surface area contributed by atoms with Gasteiger partial charge in [-0.05, 0) is 37.6 Å². The van der Waals surface area contributed by atoms with Crippen LogP contribution in [0.3, 0.4) is 0 Å². The summed E-state index contributed by atoms with van der Waals surface area (Å²) in [6.45, 7) is 3.74. The fraction of sp³-hybridized carbons (Fsp3) is 0.357. The Morgan fingerprint density at radius 1 is 1.39 bits per heavy atom. The Morgan fingerprint density at radius 2 is 2.28 bits per heavy atom. The number of anilines is 1. The SMILES string of the molecule is CC1(Nc2ccnc3cc(Cl)ccc23)CCOC1. The summed E-state index contributed by atoms with van der Waals surface area (Å²) < 4.78 is 5.46. The van der Waals surface area contributed by atoms with Crippen molar-refractivity contribution in [1.29, 1.82) is 0 Å². The molecular formula is C14H15ClN2O. The summed E-state index contributed by atoms with van der Waals surface area (Å²) in [6, 6.07) is 7.78. The van der Waals surface area contributed by atoms with Gasteiger partial charge in [0, 0.05) is 28.9 Å². The van der Waals surface area contributed by atoms with E-state index in [2.05, 4.69) is 17.2 Å². The number of halogens is 1. The van der Waals surface area contributed by atoms with Crippen LogP contribution >= 0.6 is 11.6 Å². The molecule has 1 aromatic carbocycles. The van der Waals surface area contributed by atoms with Gasteiger partial charge in [-0.25, -0.2) is 0 Å². The average molecular weight is 263 g/mol. The fourth-order valence-corrected chi connectivity index (χ4v) is 2.49. The summed E-state index contributed by atoms with van der Waals surface area (Å²) in [5.74, 6) is 0. The smallest absolute Gasteiger partial charge is 0.0737 e. The zero-order valence-electron chi connectivity index (χ0n) is 10.2. The molecule has 1 aromatic heterocycles. The van der Waals surface area contributed by atoms with Crippen LogP contribution in [0.25, 0.3) is 10.9 Å². The Bertz CT molecular complexity index is 579. The molecule has 1 atom stereocenters. The van der Waals surface area contributed by atoms with E-state index >= 15 is 0 Å². The van der Waals surface area contributed by atoms with Crippen LogP contribution in [0, 0.1) is 0 Å². The van der Waals surface area contributed by atoms with Crippen molar-refractivity contribution in [1.82, 2.24) is 4.98 Å². The van der Waals surface area contributed by atoms with Crippen molar-refractivity contribution < 1.29 is 4.74 Å². The maximum absolute atomic E-state index is 5.99. The second-order valence-corrected chi connectivity index (χ2v) is 5.44. The van der Waals surface area contributed by atoms with Gasteiger partial charge in [0.15, 0.2) is 0 Å². The number of rotatable bonds is 2. The van der Waals surface area contributed by atoms with Crippen LogP contribution in [0.1, 0.15) is 13.3 Å². The van der Waals surface area contributed by atoms with Gasteiger partial charge in [-0.1, -0.05) is 11.6 Å². The lowest BCUT2D eigenvalue weighted by molar-refractivity contribution is 0.185. The summed E-state index contributed by atoms with van der Waals surface area (Å²) in [5, 5.41) is 5.37. The van der Waals surface area contributed by atoms with Gasteiger partial charge in [0.25, 0.3) is 0 Å². The molecule has 3 nitrogen and oxygen atoms in total. The molecule has 0 bridgehead atoms. The third-order valence-corrected chi connectivity index (χ3v) is 3.60. The number of ether oxygens (including phenoxy) is 1. The minimum Gasteiger partial charge on any atom is -0.379 e. The number of pyridine rings is 1. The maximum atomic E-state index is 5.99. The largest absolute Gasteiger partial charge is 0.379 e. The lowest BCUT2D eigenvalue weighted by atomic mass is 10.0. The second kappa shape index (κ2) is 4.41. The van der Waals surface area contributed by atoms with Crippen molar-refractivity contribution in [2.75, 3.05) is 18.5 Å². The van der Waals surface area contributed by atoms with Crippen LogP contribution in [0.5, 0.6) is 0 Å². The van der Waals surface area contributed by atoms with E-state index in [0.29, 0.717) is 5.02 Å². The summed E-state index contributed by atoms with van der Waals surface area (Å²) in [6.07, 6.45) is 2.82. The van der Waals surface area contributed by atoms with Crippen molar-refractivity contribution in [3.8, 4) is 0 Å². The molecule has 1 saturated heterocycles. The van der Waals surface area contributed by atoms with Gasteiger partial charge in [0.1, 0.15) is 0 Å². The fourth-order valence-electron chi connectivity index (χ4n) is 2.32. The number of nitrogens with one attached hydrogen (secondary N) is 1. The van der Waals surface area contributed by atoms with Crippen molar-refractivity contribution in [2.24, 2.45) is 0 Å². The van der Waals surface area contributed by atoms with Gasteiger partial charge >= 0.3 is 0 Å². The Kier molecular flexibility index (Phi) is 2.88. The quantitative estimate of drug-likeness (QED) is 0.900. The summed E-state index contributed by atoms with van der Waals surface area (Å²) >= 11 is 5.99. The molecule has 3 rings (SSSR count). The van der Waals surface area contributed by atoms with E-state index in [9.17, 15) is 0 Å². The standard InChI is InChI=1S/C14H15ClN2O/c1-14(5-7-18-9-14)17-12-4-6-16-13-8-10(15)2-3-11(12)13/h2-4,6,8H,5,7,9H2,1H3,(H,16,17). The molecule has 1 aliphatic heterocycles. The molecular weight excluding hydrogens is 248 g/mol. The molecule has 1 aliphatic rings. The summed E-state index contributed by atoms with van der Waals surface area (Å²) in [4.78, 5) is 4.34. The minimum absolute atomic E-state index is 0.00786. The first-order valence-corrected chi connectivity index (χ1v) is 6.44. The number of aromatic nitrogens is 1. The first kappa shape index (κ1) is 11.8. The van der Waals surface area contributed by atoms with E-state index in [4.69, 9.17) is 16.3 Å². The van der Waals surface area contributed by atoms with Gasteiger partial charge in [0.2, 0.25) is 0 Å². The van der Waals surface area contributed by atoms with Crippen molar-refractivity contribution >= 4 is 28.2 Å². The highest BCUT2D eigenvalue weighted by molar-refractivity contribution is 6.31. The average Bonchev–Trinajstić information content (AvgIpc) is 2.76. The first-order valence-electron chi connectivity index (χ1n) is 6.07. The summed E-state index contributed by atoms with van der Waals surface area (Å²) in [5.41, 5.74) is 2.01. The number of nitrogens with zero attached hydrogens (tertiary/aromatic N) is 1. The molecule has 2 aromatic rings. The zero-order valence-corrected chi connectivity index (χ0v) is 11.0. The molecule has 1 fully saturated rings. The number of hydrogen-bond acceptors (Lipinski definition) is 3. The Hall–Kier alpha value is -1.32. The van der Waals surface area contributed by atoms with Crippen molar-refractivity contribution in [3.05, 3.63) is 35.5 Å². The van der Waals surface area contributed by atoms with Crippen LogP contribution in [-0.4, -0.2) is 23.7 Å². The monoisotopic (exact) mass is 262 g/mol. The highest BCUT2D eigenvalue weighted by atomic mass is 35.5. The first-order chi connectivity index (χ1) is 8.66. The third-order valence-electron chi connectivity index (χ3n) is 3.36. The Morgan fingerprint density at radius 3 is 3.06 bits per heavy atom. The van der Waals surface area contributed by atoms with E-state index in [0.717, 1.165) is 36.2 Å². The molecule has 4 heteroatoms. The molecule has 0 radical (unpaired) electrons. The molecule has 18 heavy (non-hydrogen) atoms. The molecule has 0 amide bonds. The molecule has 1 N–H and O–H groups in total. The second-order valence-electron chi connectivity index (χ2n) is 5.01. The highest BCUT2D eigenvalue weighted by Gasteiger charge is 2.29. The van der Waals surface area contributed by atoms with Gasteiger partial charge in [-0.3, -0.25) is 4.98 Å². The van der Waals surface area contributed by atoms with Gasteiger partial charge < -0.3 is 10.1 Å². The van der Waals surface area contributed by atoms with E-state index in [1.165, 1.54) is 0 Å². The molecule has 2 heterocycles. The Labute approximate surface area is 111 Å². The van der Waals surface area contributed by atoms with Crippen molar-refractivity contribution in [2.45, 2.75) is 18.9 Å². The molecule has 94 valence electrons. The van der Waals surface area contributed by atoms with Crippen LogP contribution < -0.4 is 5.32 Å². The molecule has 1 unspecified atom stereocenters. The van der Waals surface area contributed by atoms with Crippen molar-refractivity contribution in [3.63, 3.8) is 0 Å². The predicted molar refractivity (Wildman–Crippen MR) is 74.2 cm³/mol. The number of hydrogen-bond donors (Lipinski definition) is 1. The number of benzene rings is 1. The normalized spacial score (nSPS) is 23.4.